The third-order valence-corrected chi connectivity index (χ3v) is 3.69. The number of ether oxygens (including phenoxy) is 1. The number of carbonyl (C=O) groups is 2. The first-order chi connectivity index (χ1) is 11.0. The van der Waals surface area contributed by atoms with Gasteiger partial charge in [0.2, 0.25) is 0 Å². The molecular weight excluding hydrogens is 339 g/mol. The Morgan fingerprint density at radius 1 is 1.09 bits per heavy atom. The van der Waals surface area contributed by atoms with Gasteiger partial charge in [-0.25, -0.2) is 4.79 Å². The molecule has 0 aliphatic carbocycles. The van der Waals surface area contributed by atoms with E-state index < -0.39 is 18.5 Å². The second-order valence-electron chi connectivity index (χ2n) is 4.55. The smallest absolute Gasteiger partial charge is 0.340 e. The van der Waals surface area contributed by atoms with E-state index >= 15 is 0 Å². The van der Waals surface area contributed by atoms with Gasteiger partial charge in [-0.1, -0.05) is 35.3 Å². The number of benzene rings is 2. The lowest BCUT2D eigenvalue weighted by molar-refractivity contribution is -0.119. The second kappa shape index (κ2) is 7.85. The molecule has 0 bridgehead atoms. The first-order valence-electron chi connectivity index (χ1n) is 6.70. The Morgan fingerprint density at radius 2 is 1.83 bits per heavy atom. The van der Waals surface area contributed by atoms with Crippen LogP contribution in [-0.4, -0.2) is 25.5 Å². The topological polar surface area (TPSA) is 67.4 Å². The molecule has 5 nitrogen and oxygen atoms in total. The van der Waals surface area contributed by atoms with Gasteiger partial charge in [-0.15, -0.1) is 0 Å². The molecule has 0 saturated heterocycles. The van der Waals surface area contributed by atoms with Crippen LogP contribution in [0.4, 0.5) is 11.4 Å². The van der Waals surface area contributed by atoms with E-state index in [0.29, 0.717) is 27.0 Å². The number of para-hydroxylation sites is 1. The summed E-state index contributed by atoms with van der Waals surface area (Å²) in [6.45, 7) is -0.406. The molecule has 2 aromatic rings. The van der Waals surface area contributed by atoms with Gasteiger partial charge in [0, 0.05) is 18.4 Å². The fourth-order valence-electron chi connectivity index (χ4n) is 1.86. The Balaban J connectivity index is 1.93. The summed E-state index contributed by atoms with van der Waals surface area (Å²) in [5, 5.41) is 6.17. The molecule has 0 atom stereocenters. The molecule has 1 amide bonds. The minimum absolute atomic E-state index is 0.324. The van der Waals surface area contributed by atoms with Crippen LogP contribution in [-0.2, 0) is 9.53 Å². The zero-order valence-corrected chi connectivity index (χ0v) is 13.7. The number of esters is 1. The Kier molecular flexibility index (Phi) is 5.84. The van der Waals surface area contributed by atoms with Crippen LogP contribution in [0.2, 0.25) is 10.0 Å². The van der Waals surface area contributed by atoms with Crippen molar-refractivity contribution < 1.29 is 14.3 Å². The van der Waals surface area contributed by atoms with E-state index in [1.807, 2.05) is 0 Å². The van der Waals surface area contributed by atoms with Crippen LogP contribution in [0.15, 0.2) is 42.5 Å². The van der Waals surface area contributed by atoms with Crippen molar-refractivity contribution in [3.05, 3.63) is 58.1 Å². The van der Waals surface area contributed by atoms with Crippen molar-refractivity contribution in [1.29, 1.82) is 0 Å². The molecule has 0 aromatic heterocycles. The number of hydrogen-bond acceptors (Lipinski definition) is 4. The fraction of sp³-hybridized carbons (Fsp3) is 0.125. The molecular formula is C16H14Cl2N2O3. The van der Waals surface area contributed by atoms with E-state index in [9.17, 15) is 9.59 Å². The van der Waals surface area contributed by atoms with Crippen LogP contribution in [0.25, 0.3) is 0 Å². The highest BCUT2D eigenvalue weighted by Gasteiger charge is 2.13. The van der Waals surface area contributed by atoms with Gasteiger partial charge >= 0.3 is 5.97 Å². The number of carbonyl (C=O) groups excluding carboxylic acids is 2. The third kappa shape index (κ3) is 4.61. The Hall–Kier alpha value is -2.24. The summed E-state index contributed by atoms with van der Waals surface area (Å²) in [7, 11) is 1.70. The highest BCUT2D eigenvalue weighted by Crippen LogP contribution is 2.25. The molecule has 0 aliphatic rings. The Bertz CT molecular complexity index is 735. The van der Waals surface area contributed by atoms with Crippen LogP contribution in [0.5, 0.6) is 0 Å². The normalized spacial score (nSPS) is 10.0. The molecule has 7 heteroatoms. The van der Waals surface area contributed by atoms with E-state index in [-0.39, 0.29) is 0 Å². The van der Waals surface area contributed by atoms with Gasteiger partial charge in [-0.05, 0) is 30.3 Å². The molecule has 120 valence electrons. The summed E-state index contributed by atoms with van der Waals surface area (Å²) >= 11 is 11.7. The molecule has 0 aliphatic heterocycles. The first-order valence-corrected chi connectivity index (χ1v) is 7.45. The van der Waals surface area contributed by atoms with Crippen molar-refractivity contribution in [3.8, 4) is 0 Å². The summed E-state index contributed by atoms with van der Waals surface area (Å²) in [5.74, 6) is -1.06. The summed E-state index contributed by atoms with van der Waals surface area (Å²) in [6.07, 6.45) is 0. The molecule has 0 fully saturated rings. The average molecular weight is 353 g/mol. The predicted molar refractivity (Wildman–Crippen MR) is 91.4 cm³/mol. The van der Waals surface area contributed by atoms with E-state index in [0.717, 1.165) is 0 Å². The number of anilines is 2. The fourth-order valence-corrected chi connectivity index (χ4v) is 2.16. The maximum Gasteiger partial charge on any atom is 0.340 e. The zero-order valence-electron chi connectivity index (χ0n) is 12.2. The van der Waals surface area contributed by atoms with Crippen molar-refractivity contribution in [2.24, 2.45) is 0 Å². The van der Waals surface area contributed by atoms with Gasteiger partial charge in [0.05, 0.1) is 15.6 Å². The van der Waals surface area contributed by atoms with Crippen LogP contribution in [0.1, 0.15) is 10.4 Å². The summed E-state index contributed by atoms with van der Waals surface area (Å²) < 4.78 is 5.01. The minimum Gasteiger partial charge on any atom is -0.452 e. The van der Waals surface area contributed by atoms with Crippen molar-refractivity contribution in [2.75, 3.05) is 24.3 Å². The van der Waals surface area contributed by atoms with E-state index in [1.165, 1.54) is 6.07 Å². The van der Waals surface area contributed by atoms with Crippen LogP contribution in [0, 0.1) is 0 Å². The molecule has 2 N–H and O–H groups in total. The van der Waals surface area contributed by atoms with E-state index in [2.05, 4.69) is 10.6 Å². The van der Waals surface area contributed by atoms with Crippen LogP contribution < -0.4 is 10.6 Å². The highest BCUT2D eigenvalue weighted by atomic mass is 35.5. The Morgan fingerprint density at radius 3 is 2.52 bits per heavy atom. The van der Waals surface area contributed by atoms with Gasteiger partial charge in [0.15, 0.2) is 6.61 Å². The van der Waals surface area contributed by atoms with Gasteiger partial charge < -0.3 is 15.4 Å². The molecule has 2 aromatic carbocycles. The third-order valence-electron chi connectivity index (χ3n) is 2.95. The standard InChI is InChI=1S/C16H14Cl2N2O3/c1-19-14-5-3-2-4-11(14)16(22)23-9-15(21)20-10-6-7-12(17)13(18)8-10/h2-8,19H,9H2,1H3,(H,20,21). The maximum atomic E-state index is 12.0. The minimum atomic E-state index is -0.584. The maximum absolute atomic E-state index is 12.0. The van der Waals surface area contributed by atoms with Gasteiger partial charge in [0.25, 0.3) is 5.91 Å². The lowest BCUT2D eigenvalue weighted by atomic mass is 10.2. The SMILES string of the molecule is CNc1ccccc1C(=O)OCC(=O)Nc1ccc(Cl)c(Cl)c1. The number of hydrogen-bond donors (Lipinski definition) is 2. The zero-order chi connectivity index (χ0) is 16.8. The number of rotatable bonds is 5. The molecule has 0 saturated carbocycles. The van der Waals surface area contributed by atoms with Gasteiger partial charge in [0.1, 0.15) is 0 Å². The summed E-state index contributed by atoms with van der Waals surface area (Å²) in [5.41, 5.74) is 1.45. The van der Waals surface area contributed by atoms with Crippen molar-refractivity contribution in [1.82, 2.24) is 0 Å². The highest BCUT2D eigenvalue weighted by molar-refractivity contribution is 6.42. The molecule has 0 heterocycles. The van der Waals surface area contributed by atoms with Crippen molar-refractivity contribution >= 4 is 46.5 Å². The van der Waals surface area contributed by atoms with Gasteiger partial charge in [-0.2, -0.15) is 0 Å². The van der Waals surface area contributed by atoms with Crippen LogP contribution >= 0.6 is 23.2 Å². The van der Waals surface area contributed by atoms with Crippen molar-refractivity contribution in [3.63, 3.8) is 0 Å². The molecule has 23 heavy (non-hydrogen) atoms. The van der Waals surface area contributed by atoms with Crippen LogP contribution in [0.3, 0.4) is 0 Å². The second-order valence-corrected chi connectivity index (χ2v) is 5.36. The molecule has 0 unspecified atom stereocenters. The van der Waals surface area contributed by atoms with E-state index in [1.54, 1.807) is 43.4 Å². The predicted octanol–water partition coefficient (Wildman–Crippen LogP) is 3.83. The van der Waals surface area contributed by atoms with E-state index in [4.69, 9.17) is 27.9 Å². The molecule has 2 rings (SSSR count). The summed E-state index contributed by atoms with van der Waals surface area (Å²) in [6, 6.07) is 11.5. The quantitative estimate of drug-likeness (QED) is 0.802. The van der Waals surface area contributed by atoms with Gasteiger partial charge in [-0.3, -0.25) is 4.79 Å². The summed E-state index contributed by atoms with van der Waals surface area (Å²) in [4.78, 5) is 23.8. The number of nitrogens with one attached hydrogen (secondary N) is 2. The molecule has 0 spiro atoms. The number of halogens is 2. The lowest BCUT2D eigenvalue weighted by Gasteiger charge is -2.09. The number of amides is 1. The molecule has 0 radical (unpaired) electrons. The monoisotopic (exact) mass is 352 g/mol. The largest absolute Gasteiger partial charge is 0.452 e. The Labute approximate surface area is 143 Å². The first kappa shape index (κ1) is 17.1. The average Bonchev–Trinajstić information content (AvgIpc) is 2.56. The lowest BCUT2D eigenvalue weighted by Crippen LogP contribution is -2.21. The van der Waals surface area contributed by atoms with Crippen molar-refractivity contribution in [2.45, 2.75) is 0 Å².